The monoisotopic (exact) mass is 356 g/mol. The minimum absolute atomic E-state index is 0.251. The lowest BCUT2D eigenvalue weighted by Crippen LogP contribution is -2.26. The Morgan fingerprint density at radius 2 is 1.70 bits per heavy atom. The van der Waals surface area contributed by atoms with Crippen molar-refractivity contribution in [2.75, 3.05) is 5.32 Å². The molecule has 4 nitrogen and oxygen atoms in total. The van der Waals surface area contributed by atoms with Gasteiger partial charge in [0, 0.05) is 11.3 Å². The van der Waals surface area contributed by atoms with E-state index in [1.165, 1.54) is 0 Å². The van der Waals surface area contributed by atoms with Gasteiger partial charge in [-0.3, -0.25) is 4.79 Å². The van der Waals surface area contributed by atoms with Crippen LogP contribution < -0.4 is 10.1 Å². The van der Waals surface area contributed by atoms with Crippen LogP contribution in [0.15, 0.2) is 72.8 Å². The second-order valence-electron chi connectivity index (χ2n) is 6.35. The van der Waals surface area contributed by atoms with E-state index in [1.807, 2.05) is 62.4 Å². The number of anilines is 1. The van der Waals surface area contributed by atoms with Crippen LogP contribution in [0.2, 0.25) is 0 Å². The standard InChI is InChI=1S/C23H20N2O2/c1-16-8-9-17(2)21(14-16)25-23(26)22(19-6-4-3-5-7-19)27-20-12-10-18(15-24)11-13-20/h3-14,22H,1-2H3,(H,25,26)/t22-/m0/s1. The van der Waals surface area contributed by atoms with E-state index in [-0.39, 0.29) is 5.91 Å². The second-order valence-corrected chi connectivity index (χ2v) is 6.35. The molecule has 0 aliphatic rings. The Morgan fingerprint density at radius 1 is 1.00 bits per heavy atom. The number of amides is 1. The van der Waals surface area contributed by atoms with Gasteiger partial charge in [0.15, 0.2) is 0 Å². The summed E-state index contributed by atoms with van der Waals surface area (Å²) in [6, 6.07) is 24.1. The van der Waals surface area contributed by atoms with Crippen molar-refractivity contribution < 1.29 is 9.53 Å². The molecule has 3 aromatic carbocycles. The molecule has 0 bridgehead atoms. The Kier molecular flexibility index (Phi) is 5.53. The molecule has 0 saturated heterocycles. The molecule has 1 amide bonds. The van der Waals surface area contributed by atoms with Crippen molar-refractivity contribution in [2.45, 2.75) is 20.0 Å². The van der Waals surface area contributed by atoms with Crippen molar-refractivity contribution in [3.63, 3.8) is 0 Å². The van der Waals surface area contributed by atoms with Gasteiger partial charge in [-0.05, 0) is 55.3 Å². The molecule has 1 N–H and O–H groups in total. The number of carbonyl (C=O) groups is 1. The van der Waals surface area contributed by atoms with E-state index in [0.29, 0.717) is 11.3 Å². The summed E-state index contributed by atoms with van der Waals surface area (Å²) in [6.07, 6.45) is -0.806. The average Bonchev–Trinajstić information content (AvgIpc) is 2.70. The van der Waals surface area contributed by atoms with Gasteiger partial charge < -0.3 is 10.1 Å². The summed E-state index contributed by atoms with van der Waals surface area (Å²) in [5.74, 6) is 0.276. The van der Waals surface area contributed by atoms with Crippen molar-refractivity contribution >= 4 is 11.6 Å². The fourth-order valence-electron chi connectivity index (χ4n) is 2.71. The molecule has 3 aromatic rings. The zero-order chi connectivity index (χ0) is 19.2. The summed E-state index contributed by atoms with van der Waals surface area (Å²) in [5, 5.41) is 11.9. The molecule has 0 saturated carbocycles. The van der Waals surface area contributed by atoms with Crippen molar-refractivity contribution in [3.05, 3.63) is 95.1 Å². The molecule has 0 heterocycles. The maximum Gasteiger partial charge on any atom is 0.270 e. The van der Waals surface area contributed by atoms with E-state index in [4.69, 9.17) is 10.00 Å². The summed E-state index contributed by atoms with van der Waals surface area (Å²) >= 11 is 0. The number of nitriles is 1. The first-order valence-corrected chi connectivity index (χ1v) is 8.66. The Hall–Kier alpha value is -3.58. The van der Waals surface area contributed by atoms with Crippen LogP contribution in [0.1, 0.15) is 28.4 Å². The molecule has 1 atom stereocenters. The van der Waals surface area contributed by atoms with Crippen LogP contribution >= 0.6 is 0 Å². The quantitative estimate of drug-likeness (QED) is 0.705. The Labute approximate surface area is 159 Å². The maximum atomic E-state index is 13.0. The van der Waals surface area contributed by atoms with Crippen molar-refractivity contribution in [1.82, 2.24) is 0 Å². The van der Waals surface area contributed by atoms with E-state index in [1.54, 1.807) is 24.3 Å². The van der Waals surface area contributed by atoms with E-state index < -0.39 is 6.10 Å². The van der Waals surface area contributed by atoms with Gasteiger partial charge in [-0.25, -0.2) is 0 Å². The van der Waals surface area contributed by atoms with Gasteiger partial charge in [-0.1, -0.05) is 42.5 Å². The lowest BCUT2D eigenvalue weighted by atomic mass is 10.1. The zero-order valence-corrected chi connectivity index (χ0v) is 15.3. The third-order valence-corrected chi connectivity index (χ3v) is 4.23. The van der Waals surface area contributed by atoms with E-state index >= 15 is 0 Å². The van der Waals surface area contributed by atoms with Gasteiger partial charge in [0.2, 0.25) is 6.10 Å². The summed E-state index contributed by atoms with van der Waals surface area (Å²) in [5.41, 5.74) is 4.12. The molecule has 0 fully saturated rings. The van der Waals surface area contributed by atoms with Crippen molar-refractivity contribution in [3.8, 4) is 11.8 Å². The Balaban J connectivity index is 1.88. The number of nitrogens with zero attached hydrogens (tertiary/aromatic N) is 1. The highest BCUT2D eigenvalue weighted by Crippen LogP contribution is 2.25. The van der Waals surface area contributed by atoms with Crippen molar-refractivity contribution in [2.24, 2.45) is 0 Å². The molecule has 0 unspecified atom stereocenters. The molecular weight excluding hydrogens is 336 g/mol. The molecule has 27 heavy (non-hydrogen) atoms. The fraction of sp³-hybridized carbons (Fsp3) is 0.130. The van der Waals surface area contributed by atoms with Crippen LogP contribution in [0.4, 0.5) is 5.69 Å². The van der Waals surface area contributed by atoms with Crippen LogP contribution in [-0.4, -0.2) is 5.91 Å². The first kappa shape index (κ1) is 18.2. The lowest BCUT2D eigenvalue weighted by Gasteiger charge is -2.20. The van der Waals surface area contributed by atoms with Crippen LogP contribution in [0.3, 0.4) is 0 Å². The van der Waals surface area contributed by atoms with Gasteiger partial charge in [0.1, 0.15) is 5.75 Å². The molecule has 0 aliphatic carbocycles. The molecule has 0 spiro atoms. The van der Waals surface area contributed by atoms with Crippen molar-refractivity contribution in [1.29, 1.82) is 5.26 Å². The van der Waals surface area contributed by atoms with Gasteiger partial charge in [-0.2, -0.15) is 5.26 Å². The number of hydrogen-bond acceptors (Lipinski definition) is 3. The predicted octanol–water partition coefficient (Wildman–Crippen LogP) is 4.93. The smallest absolute Gasteiger partial charge is 0.270 e. The number of benzene rings is 3. The number of ether oxygens (including phenoxy) is 1. The third-order valence-electron chi connectivity index (χ3n) is 4.23. The number of nitrogens with one attached hydrogen (secondary N) is 1. The second kappa shape index (κ2) is 8.20. The van der Waals surface area contributed by atoms with Gasteiger partial charge >= 0.3 is 0 Å². The Morgan fingerprint density at radius 3 is 2.37 bits per heavy atom. The SMILES string of the molecule is Cc1ccc(C)c(NC(=O)[C@@H](Oc2ccc(C#N)cc2)c2ccccc2)c1. The van der Waals surface area contributed by atoms with E-state index in [0.717, 1.165) is 22.4 Å². The van der Waals surface area contributed by atoms with E-state index in [9.17, 15) is 4.79 Å². The third kappa shape index (κ3) is 4.53. The molecule has 134 valence electrons. The number of hydrogen-bond donors (Lipinski definition) is 1. The van der Waals surface area contributed by atoms with Gasteiger partial charge in [0.25, 0.3) is 5.91 Å². The molecule has 0 aliphatic heterocycles. The molecule has 0 aromatic heterocycles. The lowest BCUT2D eigenvalue weighted by molar-refractivity contribution is -0.123. The van der Waals surface area contributed by atoms with Gasteiger partial charge in [0.05, 0.1) is 11.6 Å². The predicted molar refractivity (Wildman–Crippen MR) is 106 cm³/mol. The largest absolute Gasteiger partial charge is 0.476 e. The number of carbonyl (C=O) groups excluding carboxylic acids is 1. The molecular formula is C23H20N2O2. The summed E-state index contributed by atoms with van der Waals surface area (Å²) in [4.78, 5) is 13.0. The fourth-order valence-corrected chi connectivity index (χ4v) is 2.71. The van der Waals surface area contributed by atoms with Crippen LogP contribution in [0.5, 0.6) is 5.75 Å². The molecule has 4 heteroatoms. The first-order valence-electron chi connectivity index (χ1n) is 8.66. The molecule has 3 rings (SSSR count). The van der Waals surface area contributed by atoms with Crippen LogP contribution in [-0.2, 0) is 4.79 Å². The van der Waals surface area contributed by atoms with Gasteiger partial charge in [-0.15, -0.1) is 0 Å². The highest BCUT2D eigenvalue weighted by atomic mass is 16.5. The minimum Gasteiger partial charge on any atom is -0.476 e. The average molecular weight is 356 g/mol. The maximum absolute atomic E-state index is 13.0. The zero-order valence-electron chi connectivity index (χ0n) is 15.3. The molecule has 0 radical (unpaired) electrons. The number of aryl methyl sites for hydroxylation is 2. The topological polar surface area (TPSA) is 62.1 Å². The summed E-state index contributed by atoms with van der Waals surface area (Å²) < 4.78 is 5.98. The van der Waals surface area contributed by atoms with Crippen LogP contribution in [0.25, 0.3) is 0 Å². The summed E-state index contributed by atoms with van der Waals surface area (Å²) in [7, 11) is 0. The Bertz CT molecular complexity index is 974. The van der Waals surface area contributed by atoms with E-state index in [2.05, 4.69) is 11.4 Å². The normalized spacial score (nSPS) is 11.3. The number of rotatable bonds is 5. The minimum atomic E-state index is -0.806. The first-order chi connectivity index (χ1) is 13.1. The highest BCUT2D eigenvalue weighted by molar-refractivity contribution is 5.95. The van der Waals surface area contributed by atoms with Crippen LogP contribution in [0, 0.1) is 25.2 Å². The summed E-state index contributed by atoms with van der Waals surface area (Å²) in [6.45, 7) is 3.94. The highest BCUT2D eigenvalue weighted by Gasteiger charge is 2.23.